The molecule has 0 bridgehead atoms. The van der Waals surface area contributed by atoms with Gasteiger partial charge in [0.2, 0.25) is 5.91 Å². The van der Waals surface area contributed by atoms with Crippen molar-refractivity contribution in [3.8, 4) is 0 Å². The fourth-order valence-electron chi connectivity index (χ4n) is 2.41. The highest BCUT2D eigenvalue weighted by atomic mass is 35.5. The highest BCUT2D eigenvalue weighted by Crippen LogP contribution is 2.11. The number of ether oxygens (including phenoxy) is 1. The maximum atomic E-state index is 12.0. The number of piperidine rings is 1. The second-order valence-electron chi connectivity index (χ2n) is 5.01. The first kappa shape index (κ1) is 17.0. The zero-order chi connectivity index (χ0) is 13.5. The van der Waals surface area contributed by atoms with Crippen LogP contribution in [0, 0.1) is 5.92 Å². The van der Waals surface area contributed by atoms with Crippen LogP contribution >= 0.6 is 12.4 Å². The number of carbonyl (C=O) groups excluding carboxylic acids is 1. The second kappa shape index (κ2) is 8.95. The summed E-state index contributed by atoms with van der Waals surface area (Å²) in [6.07, 6.45) is 2.07. The second-order valence-corrected chi connectivity index (χ2v) is 5.01. The van der Waals surface area contributed by atoms with E-state index in [2.05, 4.69) is 16.7 Å². The molecule has 20 heavy (non-hydrogen) atoms. The Labute approximate surface area is 126 Å². The van der Waals surface area contributed by atoms with E-state index in [9.17, 15) is 4.79 Å². The van der Waals surface area contributed by atoms with Gasteiger partial charge in [-0.3, -0.25) is 4.79 Å². The molecule has 1 aromatic carbocycles. The van der Waals surface area contributed by atoms with Crippen LogP contribution in [0.25, 0.3) is 0 Å². The van der Waals surface area contributed by atoms with Crippen LogP contribution in [-0.4, -0.2) is 26.1 Å². The van der Waals surface area contributed by atoms with Crippen molar-refractivity contribution in [1.82, 2.24) is 10.6 Å². The molecule has 1 fully saturated rings. The molecule has 112 valence electrons. The molecule has 0 saturated carbocycles. The van der Waals surface area contributed by atoms with Crippen molar-refractivity contribution < 1.29 is 9.53 Å². The summed E-state index contributed by atoms with van der Waals surface area (Å²) in [5, 5.41) is 6.28. The fourth-order valence-corrected chi connectivity index (χ4v) is 2.41. The minimum absolute atomic E-state index is 0. The van der Waals surface area contributed by atoms with Gasteiger partial charge in [0.25, 0.3) is 0 Å². The summed E-state index contributed by atoms with van der Waals surface area (Å²) in [5.41, 5.74) is 2.25. The zero-order valence-electron chi connectivity index (χ0n) is 11.9. The number of benzene rings is 1. The largest absolute Gasteiger partial charge is 0.380 e. The highest BCUT2D eigenvalue weighted by molar-refractivity contribution is 5.85. The lowest BCUT2D eigenvalue weighted by molar-refractivity contribution is -0.125. The molecule has 1 aliphatic heterocycles. The quantitative estimate of drug-likeness (QED) is 0.872. The molecule has 2 rings (SSSR count). The minimum atomic E-state index is 0. The van der Waals surface area contributed by atoms with E-state index in [0.29, 0.717) is 13.2 Å². The average molecular weight is 299 g/mol. The number of hydrogen-bond donors (Lipinski definition) is 2. The molecular weight excluding hydrogens is 276 g/mol. The minimum Gasteiger partial charge on any atom is -0.380 e. The first-order chi connectivity index (χ1) is 9.29. The molecule has 1 unspecified atom stereocenters. The van der Waals surface area contributed by atoms with Crippen molar-refractivity contribution in [3.63, 3.8) is 0 Å². The molecule has 0 aromatic heterocycles. The molecule has 2 N–H and O–H groups in total. The van der Waals surface area contributed by atoms with Gasteiger partial charge in [-0.2, -0.15) is 0 Å². The monoisotopic (exact) mass is 298 g/mol. The summed E-state index contributed by atoms with van der Waals surface area (Å²) in [4.78, 5) is 12.0. The SMILES string of the molecule is COCc1cccc(CNC(=O)C2CCCNC2)c1.Cl. The lowest BCUT2D eigenvalue weighted by Crippen LogP contribution is -2.40. The summed E-state index contributed by atoms with van der Waals surface area (Å²) in [7, 11) is 1.69. The summed E-state index contributed by atoms with van der Waals surface area (Å²) < 4.78 is 5.11. The maximum Gasteiger partial charge on any atom is 0.224 e. The number of halogens is 1. The first-order valence-corrected chi connectivity index (χ1v) is 6.85. The topological polar surface area (TPSA) is 50.4 Å². The summed E-state index contributed by atoms with van der Waals surface area (Å²) in [6.45, 7) is 3.03. The smallest absolute Gasteiger partial charge is 0.224 e. The molecule has 0 radical (unpaired) electrons. The third kappa shape index (κ3) is 5.12. The number of carbonyl (C=O) groups is 1. The van der Waals surface area contributed by atoms with Gasteiger partial charge in [-0.05, 0) is 30.5 Å². The average Bonchev–Trinajstić information content (AvgIpc) is 2.46. The van der Waals surface area contributed by atoms with Gasteiger partial charge in [0.1, 0.15) is 0 Å². The van der Waals surface area contributed by atoms with E-state index in [0.717, 1.165) is 37.1 Å². The lowest BCUT2D eigenvalue weighted by Gasteiger charge is -2.21. The van der Waals surface area contributed by atoms with Crippen LogP contribution < -0.4 is 10.6 Å². The molecule has 1 atom stereocenters. The Balaban J connectivity index is 0.00000200. The van der Waals surface area contributed by atoms with Gasteiger partial charge >= 0.3 is 0 Å². The molecular formula is C15H23ClN2O2. The Bertz CT molecular complexity index is 420. The Kier molecular flexibility index (Phi) is 7.59. The zero-order valence-corrected chi connectivity index (χ0v) is 12.7. The normalized spacial score (nSPS) is 18.1. The van der Waals surface area contributed by atoms with E-state index < -0.39 is 0 Å². The summed E-state index contributed by atoms with van der Waals surface area (Å²) in [6, 6.07) is 8.12. The van der Waals surface area contributed by atoms with Crippen molar-refractivity contribution in [1.29, 1.82) is 0 Å². The van der Waals surface area contributed by atoms with E-state index in [1.807, 2.05) is 18.2 Å². The van der Waals surface area contributed by atoms with Crippen LogP contribution in [0.3, 0.4) is 0 Å². The molecule has 1 saturated heterocycles. The molecule has 5 heteroatoms. The molecule has 1 heterocycles. The van der Waals surface area contributed by atoms with Gasteiger partial charge in [-0.15, -0.1) is 12.4 Å². The maximum absolute atomic E-state index is 12.0. The number of rotatable bonds is 5. The van der Waals surface area contributed by atoms with E-state index in [1.54, 1.807) is 7.11 Å². The molecule has 0 aliphatic carbocycles. The van der Waals surface area contributed by atoms with Crippen LogP contribution in [-0.2, 0) is 22.7 Å². The van der Waals surface area contributed by atoms with Crippen LogP contribution in [0.1, 0.15) is 24.0 Å². The van der Waals surface area contributed by atoms with Crippen LogP contribution in [0.15, 0.2) is 24.3 Å². The van der Waals surface area contributed by atoms with Gasteiger partial charge < -0.3 is 15.4 Å². The van der Waals surface area contributed by atoms with Crippen LogP contribution in [0.5, 0.6) is 0 Å². The standard InChI is InChI=1S/C15H22N2O2.ClH/c1-19-11-13-5-2-4-12(8-13)9-17-15(18)14-6-3-7-16-10-14;/h2,4-5,8,14,16H,3,6-7,9-11H2,1H3,(H,17,18);1H. The Hall–Kier alpha value is -1.10. The molecule has 1 aromatic rings. The lowest BCUT2D eigenvalue weighted by atomic mass is 9.99. The first-order valence-electron chi connectivity index (χ1n) is 6.85. The van der Waals surface area contributed by atoms with Crippen molar-refractivity contribution in [2.24, 2.45) is 5.92 Å². The number of nitrogens with one attached hydrogen (secondary N) is 2. The van der Waals surface area contributed by atoms with Crippen molar-refractivity contribution in [2.75, 3.05) is 20.2 Å². The van der Waals surface area contributed by atoms with Crippen molar-refractivity contribution in [2.45, 2.75) is 26.0 Å². The van der Waals surface area contributed by atoms with Gasteiger partial charge in [-0.25, -0.2) is 0 Å². The van der Waals surface area contributed by atoms with E-state index >= 15 is 0 Å². The number of amides is 1. The molecule has 1 aliphatic rings. The van der Waals surface area contributed by atoms with Crippen LogP contribution in [0.4, 0.5) is 0 Å². The number of hydrogen-bond acceptors (Lipinski definition) is 3. The fraction of sp³-hybridized carbons (Fsp3) is 0.533. The Morgan fingerprint density at radius 1 is 1.45 bits per heavy atom. The predicted molar refractivity (Wildman–Crippen MR) is 81.8 cm³/mol. The molecule has 1 amide bonds. The molecule has 0 spiro atoms. The van der Waals surface area contributed by atoms with Gasteiger partial charge in [-0.1, -0.05) is 24.3 Å². The van der Waals surface area contributed by atoms with E-state index in [1.165, 1.54) is 0 Å². The van der Waals surface area contributed by atoms with Crippen molar-refractivity contribution in [3.05, 3.63) is 35.4 Å². The summed E-state index contributed by atoms with van der Waals surface area (Å²) >= 11 is 0. The van der Waals surface area contributed by atoms with Crippen LogP contribution in [0.2, 0.25) is 0 Å². The Morgan fingerprint density at radius 2 is 2.25 bits per heavy atom. The third-order valence-electron chi connectivity index (χ3n) is 3.44. The highest BCUT2D eigenvalue weighted by Gasteiger charge is 2.20. The third-order valence-corrected chi connectivity index (χ3v) is 3.44. The van der Waals surface area contributed by atoms with Gasteiger partial charge in [0, 0.05) is 20.2 Å². The van der Waals surface area contributed by atoms with E-state index in [4.69, 9.17) is 4.74 Å². The van der Waals surface area contributed by atoms with Crippen molar-refractivity contribution >= 4 is 18.3 Å². The molecule has 4 nitrogen and oxygen atoms in total. The predicted octanol–water partition coefficient (Wildman–Crippen LogP) is 1.87. The Morgan fingerprint density at radius 3 is 2.95 bits per heavy atom. The number of methoxy groups -OCH3 is 1. The van der Waals surface area contributed by atoms with Gasteiger partial charge in [0.05, 0.1) is 12.5 Å². The van der Waals surface area contributed by atoms with Gasteiger partial charge in [0.15, 0.2) is 0 Å². The summed E-state index contributed by atoms with van der Waals surface area (Å²) in [5.74, 6) is 0.278. The van der Waals surface area contributed by atoms with E-state index in [-0.39, 0.29) is 24.2 Å².